The van der Waals surface area contributed by atoms with Crippen molar-refractivity contribution in [3.63, 3.8) is 0 Å². The molecule has 0 fully saturated rings. The van der Waals surface area contributed by atoms with Gasteiger partial charge in [-0.25, -0.2) is 9.50 Å². The molecule has 1 aromatic carbocycles. The standard InChI is InChI=1S/C12H8ClN3O/c13-9-3-1-2-8(6-9)12-14-11-5-4-10(17)7-16(11)15-12/h1-7,17H. The Morgan fingerprint density at radius 3 is 2.88 bits per heavy atom. The minimum Gasteiger partial charge on any atom is -0.506 e. The minimum atomic E-state index is 0.153. The zero-order valence-electron chi connectivity index (χ0n) is 8.71. The summed E-state index contributed by atoms with van der Waals surface area (Å²) < 4.78 is 1.53. The maximum absolute atomic E-state index is 9.34. The van der Waals surface area contributed by atoms with Gasteiger partial charge >= 0.3 is 0 Å². The lowest BCUT2D eigenvalue weighted by molar-refractivity contribution is 0.470. The molecule has 4 nitrogen and oxygen atoms in total. The molecule has 0 spiro atoms. The van der Waals surface area contributed by atoms with Gasteiger partial charge in [0.15, 0.2) is 11.5 Å². The van der Waals surface area contributed by atoms with E-state index in [4.69, 9.17) is 11.6 Å². The quantitative estimate of drug-likeness (QED) is 0.717. The maximum atomic E-state index is 9.34. The molecule has 0 radical (unpaired) electrons. The summed E-state index contributed by atoms with van der Waals surface area (Å²) in [5, 5.41) is 14.3. The summed E-state index contributed by atoms with van der Waals surface area (Å²) in [6, 6.07) is 10.6. The molecule has 1 N–H and O–H groups in total. The molecule has 2 aromatic heterocycles. The molecule has 2 heterocycles. The van der Waals surface area contributed by atoms with Crippen LogP contribution in [0.2, 0.25) is 5.02 Å². The smallest absolute Gasteiger partial charge is 0.182 e. The Bertz CT molecular complexity index is 693. The van der Waals surface area contributed by atoms with Crippen molar-refractivity contribution in [2.75, 3.05) is 0 Å². The van der Waals surface area contributed by atoms with Crippen LogP contribution in [0, 0.1) is 0 Å². The molecule has 0 unspecified atom stereocenters. The minimum absolute atomic E-state index is 0.153. The van der Waals surface area contributed by atoms with E-state index in [-0.39, 0.29) is 5.75 Å². The van der Waals surface area contributed by atoms with Gasteiger partial charge in [0.05, 0.1) is 6.20 Å². The van der Waals surface area contributed by atoms with Crippen LogP contribution in [0.4, 0.5) is 0 Å². The molecule has 3 rings (SSSR count). The summed E-state index contributed by atoms with van der Waals surface area (Å²) in [4.78, 5) is 4.35. The van der Waals surface area contributed by atoms with Crippen molar-refractivity contribution in [3.8, 4) is 17.1 Å². The lowest BCUT2D eigenvalue weighted by Gasteiger charge is -1.94. The molecule has 0 aliphatic heterocycles. The molecule has 84 valence electrons. The molecule has 0 saturated carbocycles. The number of hydrogen-bond acceptors (Lipinski definition) is 3. The summed E-state index contributed by atoms with van der Waals surface area (Å²) in [7, 11) is 0. The van der Waals surface area contributed by atoms with E-state index in [2.05, 4.69) is 10.1 Å². The number of fused-ring (bicyclic) bond motifs is 1. The van der Waals surface area contributed by atoms with E-state index in [9.17, 15) is 5.11 Å². The molecule has 0 amide bonds. The van der Waals surface area contributed by atoms with Crippen LogP contribution in [-0.4, -0.2) is 19.7 Å². The molecule has 5 heteroatoms. The second kappa shape index (κ2) is 3.75. The summed E-state index contributed by atoms with van der Waals surface area (Å²) in [6.07, 6.45) is 1.51. The first kappa shape index (κ1) is 10.1. The van der Waals surface area contributed by atoms with Gasteiger partial charge in [0, 0.05) is 10.6 Å². The zero-order valence-corrected chi connectivity index (χ0v) is 9.46. The van der Waals surface area contributed by atoms with Crippen LogP contribution in [0.5, 0.6) is 5.75 Å². The highest BCUT2D eigenvalue weighted by Crippen LogP contribution is 2.20. The van der Waals surface area contributed by atoms with Crippen molar-refractivity contribution in [1.29, 1.82) is 0 Å². The van der Waals surface area contributed by atoms with E-state index < -0.39 is 0 Å². The monoisotopic (exact) mass is 245 g/mol. The topological polar surface area (TPSA) is 50.4 Å². The molecule has 17 heavy (non-hydrogen) atoms. The molecule has 0 saturated heterocycles. The second-order valence-electron chi connectivity index (χ2n) is 3.64. The Morgan fingerprint density at radius 1 is 1.18 bits per heavy atom. The number of halogens is 1. The van der Waals surface area contributed by atoms with Crippen LogP contribution in [0.3, 0.4) is 0 Å². The van der Waals surface area contributed by atoms with Gasteiger partial charge in [-0.2, -0.15) is 0 Å². The second-order valence-corrected chi connectivity index (χ2v) is 4.07. The average molecular weight is 246 g/mol. The van der Waals surface area contributed by atoms with Crippen molar-refractivity contribution in [2.24, 2.45) is 0 Å². The normalized spacial score (nSPS) is 10.9. The number of hydrogen-bond donors (Lipinski definition) is 1. The van der Waals surface area contributed by atoms with Gasteiger partial charge in [-0.3, -0.25) is 0 Å². The highest BCUT2D eigenvalue weighted by molar-refractivity contribution is 6.30. The summed E-state index contributed by atoms with van der Waals surface area (Å²) in [5.41, 5.74) is 1.53. The first-order valence-corrected chi connectivity index (χ1v) is 5.41. The molecular weight excluding hydrogens is 238 g/mol. The molecule has 0 atom stereocenters. The van der Waals surface area contributed by atoms with E-state index in [1.807, 2.05) is 12.1 Å². The van der Waals surface area contributed by atoms with Crippen molar-refractivity contribution < 1.29 is 5.11 Å². The third kappa shape index (κ3) is 1.83. The number of nitrogens with zero attached hydrogens (tertiary/aromatic N) is 3. The Kier molecular flexibility index (Phi) is 2.23. The Balaban J connectivity index is 2.18. The highest BCUT2D eigenvalue weighted by atomic mass is 35.5. The van der Waals surface area contributed by atoms with E-state index in [1.165, 1.54) is 10.7 Å². The van der Waals surface area contributed by atoms with Crippen LogP contribution in [0.1, 0.15) is 0 Å². The highest BCUT2D eigenvalue weighted by Gasteiger charge is 2.06. The predicted molar refractivity (Wildman–Crippen MR) is 65.1 cm³/mol. The van der Waals surface area contributed by atoms with Crippen LogP contribution in [0.15, 0.2) is 42.6 Å². The largest absolute Gasteiger partial charge is 0.506 e. The van der Waals surface area contributed by atoms with Gasteiger partial charge in [0.1, 0.15) is 5.75 Å². The summed E-state index contributed by atoms with van der Waals surface area (Å²) in [6.45, 7) is 0. The predicted octanol–water partition coefficient (Wildman–Crippen LogP) is 2.76. The van der Waals surface area contributed by atoms with Crippen LogP contribution < -0.4 is 0 Å². The lowest BCUT2D eigenvalue weighted by Crippen LogP contribution is -1.85. The fourth-order valence-electron chi connectivity index (χ4n) is 1.62. The fraction of sp³-hybridized carbons (Fsp3) is 0. The van der Waals surface area contributed by atoms with E-state index in [0.29, 0.717) is 16.5 Å². The van der Waals surface area contributed by atoms with Crippen molar-refractivity contribution >= 4 is 17.2 Å². The Hall–Kier alpha value is -2.07. The first-order chi connectivity index (χ1) is 8.22. The van der Waals surface area contributed by atoms with Crippen LogP contribution >= 0.6 is 11.6 Å². The summed E-state index contributed by atoms with van der Waals surface area (Å²) >= 11 is 5.92. The van der Waals surface area contributed by atoms with Crippen molar-refractivity contribution in [1.82, 2.24) is 14.6 Å². The van der Waals surface area contributed by atoms with Gasteiger partial charge in [0.2, 0.25) is 0 Å². The molecular formula is C12H8ClN3O. The SMILES string of the molecule is Oc1ccc2nc(-c3cccc(Cl)c3)nn2c1. The van der Waals surface area contributed by atoms with Gasteiger partial charge in [-0.05, 0) is 24.3 Å². The average Bonchev–Trinajstić information content (AvgIpc) is 2.72. The third-order valence-corrected chi connectivity index (χ3v) is 2.63. The van der Waals surface area contributed by atoms with Gasteiger partial charge in [-0.15, -0.1) is 5.10 Å². The van der Waals surface area contributed by atoms with E-state index in [1.54, 1.807) is 24.3 Å². The molecule has 0 aliphatic carbocycles. The van der Waals surface area contributed by atoms with Gasteiger partial charge in [0.25, 0.3) is 0 Å². The Labute approximate surface area is 102 Å². The van der Waals surface area contributed by atoms with Crippen LogP contribution in [-0.2, 0) is 0 Å². The molecule has 0 bridgehead atoms. The zero-order chi connectivity index (χ0) is 11.8. The number of pyridine rings is 1. The van der Waals surface area contributed by atoms with Crippen molar-refractivity contribution in [2.45, 2.75) is 0 Å². The van der Waals surface area contributed by atoms with Crippen molar-refractivity contribution in [3.05, 3.63) is 47.6 Å². The maximum Gasteiger partial charge on any atom is 0.182 e. The van der Waals surface area contributed by atoms with Crippen LogP contribution in [0.25, 0.3) is 17.0 Å². The number of aromatic hydroxyl groups is 1. The third-order valence-electron chi connectivity index (χ3n) is 2.40. The van der Waals surface area contributed by atoms with Gasteiger partial charge in [-0.1, -0.05) is 23.7 Å². The Morgan fingerprint density at radius 2 is 2.06 bits per heavy atom. The lowest BCUT2D eigenvalue weighted by atomic mass is 10.2. The van der Waals surface area contributed by atoms with E-state index in [0.717, 1.165) is 5.56 Å². The molecule has 3 aromatic rings. The fourth-order valence-corrected chi connectivity index (χ4v) is 1.81. The molecule has 0 aliphatic rings. The summed E-state index contributed by atoms with van der Waals surface area (Å²) in [5.74, 6) is 0.734. The first-order valence-electron chi connectivity index (χ1n) is 5.04. The number of benzene rings is 1. The van der Waals surface area contributed by atoms with E-state index >= 15 is 0 Å². The number of aromatic nitrogens is 3. The number of rotatable bonds is 1. The van der Waals surface area contributed by atoms with Gasteiger partial charge < -0.3 is 5.11 Å².